The van der Waals surface area contributed by atoms with Crippen molar-refractivity contribution >= 4 is 0 Å². The van der Waals surface area contributed by atoms with Crippen LogP contribution in [0.1, 0.15) is 22.3 Å². The molecule has 0 aliphatic rings. The molecular formula is C18H18N2O2. The highest BCUT2D eigenvalue weighted by Crippen LogP contribution is 2.33. The van der Waals surface area contributed by atoms with E-state index >= 15 is 0 Å². The summed E-state index contributed by atoms with van der Waals surface area (Å²) in [5, 5.41) is 18.1. The van der Waals surface area contributed by atoms with Gasteiger partial charge in [-0.2, -0.15) is 0 Å². The SMILES string of the molecule is Cc1cc(-c2nnc(-c3ccccc3O)o2)c(C)c(C)c1C. The zero-order valence-corrected chi connectivity index (χ0v) is 13.1. The van der Waals surface area contributed by atoms with Gasteiger partial charge in [0.25, 0.3) is 5.89 Å². The Bertz CT molecular complexity index is 850. The van der Waals surface area contributed by atoms with Gasteiger partial charge in [-0.15, -0.1) is 10.2 Å². The minimum Gasteiger partial charge on any atom is -0.507 e. The minimum atomic E-state index is 0.130. The van der Waals surface area contributed by atoms with Gasteiger partial charge >= 0.3 is 0 Å². The first-order valence-electron chi connectivity index (χ1n) is 7.18. The second-order valence-corrected chi connectivity index (χ2v) is 5.55. The van der Waals surface area contributed by atoms with Crippen molar-refractivity contribution < 1.29 is 9.52 Å². The Hall–Kier alpha value is -2.62. The van der Waals surface area contributed by atoms with Crippen LogP contribution in [0.25, 0.3) is 22.9 Å². The summed E-state index contributed by atoms with van der Waals surface area (Å²) in [6, 6.07) is 9.01. The standard InChI is InChI=1S/C18H18N2O2/c1-10-9-15(13(4)12(3)11(10)2)18-20-19-17(22-18)14-7-5-6-8-16(14)21/h5-9,21H,1-4H3. The summed E-state index contributed by atoms with van der Waals surface area (Å²) >= 11 is 0. The zero-order valence-electron chi connectivity index (χ0n) is 13.1. The highest BCUT2D eigenvalue weighted by Gasteiger charge is 2.16. The molecule has 0 aliphatic heterocycles. The lowest BCUT2D eigenvalue weighted by atomic mass is 9.94. The van der Waals surface area contributed by atoms with Crippen LogP contribution >= 0.6 is 0 Å². The number of aromatic hydroxyl groups is 1. The molecule has 2 aromatic carbocycles. The van der Waals surface area contributed by atoms with E-state index in [4.69, 9.17) is 4.42 Å². The number of phenolic OH excluding ortho intramolecular Hbond substituents is 1. The first-order valence-corrected chi connectivity index (χ1v) is 7.18. The first kappa shape index (κ1) is 14.3. The molecule has 3 aromatic rings. The Morgan fingerprint density at radius 1 is 0.818 bits per heavy atom. The van der Waals surface area contributed by atoms with E-state index in [0.717, 1.165) is 11.1 Å². The van der Waals surface area contributed by atoms with Crippen molar-refractivity contribution in [3.63, 3.8) is 0 Å². The predicted molar refractivity (Wildman–Crippen MR) is 85.8 cm³/mol. The second kappa shape index (κ2) is 5.30. The molecule has 0 saturated carbocycles. The third-order valence-corrected chi connectivity index (χ3v) is 4.27. The van der Waals surface area contributed by atoms with Crippen LogP contribution in [-0.2, 0) is 0 Å². The Labute approximate surface area is 129 Å². The molecule has 1 aromatic heterocycles. The molecule has 0 atom stereocenters. The summed E-state index contributed by atoms with van der Waals surface area (Å²) < 4.78 is 5.79. The molecule has 0 aliphatic carbocycles. The number of hydrogen-bond acceptors (Lipinski definition) is 4. The topological polar surface area (TPSA) is 59.2 Å². The molecule has 4 heteroatoms. The molecule has 1 heterocycles. The van der Waals surface area contributed by atoms with E-state index in [-0.39, 0.29) is 5.75 Å². The van der Waals surface area contributed by atoms with E-state index in [1.54, 1.807) is 18.2 Å². The molecule has 0 unspecified atom stereocenters. The lowest BCUT2D eigenvalue weighted by Crippen LogP contribution is -1.94. The lowest BCUT2D eigenvalue weighted by Gasteiger charge is -2.11. The zero-order chi connectivity index (χ0) is 15.9. The number of aryl methyl sites for hydroxylation is 1. The number of para-hydroxylation sites is 1. The van der Waals surface area contributed by atoms with Crippen LogP contribution in [0.15, 0.2) is 34.7 Å². The van der Waals surface area contributed by atoms with Gasteiger partial charge in [0.15, 0.2) is 0 Å². The normalized spacial score (nSPS) is 10.9. The van der Waals surface area contributed by atoms with Crippen molar-refractivity contribution in [1.29, 1.82) is 0 Å². The molecule has 3 rings (SSSR count). The van der Waals surface area contributed by atoms with Crippen LogP contribution in [-0.4, -0.2) is 15.3 Å². The van der Waals surface area contributed by atoms with Gasteiger partial charge in [0.05, 0.1) is 5.56 Å². The van der Waals surface area contributed by atoms with Crippen molar-refractivity contribution in [3.8, 4) is 28.7 Å². The second-order valence-electron chi connectivity index (χ2n) is 5.55. The Balaban J connectivity index is 2.11. The van der Waals surface area contributed by atoms with Crippen LogP contribution in [0.5, 0.6) is 5.75 Å². The number of hydrogen-bond donors (Lipinski definition) is 1. The Morgan fingerprint density at radius 3 is 2.14 bits per heavy atom. The molecule has 0 bridgehead atoms. The third-order valence-electron chi connectivity index (χ3n) is 4.27. The number of benzene rings is 2. The van der Waals surface area contributed by atoms with Gasteiger partial charge in [0.1, 0.15) is 5.75 Å². The van der Waals surface area contributed by atoms with E-state index < -0.39 is 0 Å². The Morgan fingerprint density at radius 2 is 1.45 bits per heavy atom. The molecule has 0 amide bonds. The first-order chi connectivity index (χ1) is 10.5. The quantitative estimate of drug-likeness (QED) is 0.763. The van der Waals surface area contributed by atoms with E-state index in [9.17, 15) is 5.11 Å². The molecule has 0 saturated heterocycles. The van der Waals surface area contributed by atoms with Gasteiger partial charge < -0.3 is 9.52 Å². The van der Waals surface area contributed by atoms with Gasteiger partial charge in [0, 0.05) is 5.56 Å². The summed E-state index contributed by atoms with van der Waals surface area (Å²) in [5.41, 5.74) is 6.32. The molecule has 0 spiro atoms. The van der Waals surface area contributed by atoms with Crippen LogP contribution < -0.4 is 0 Å². The molecule has 4 nitrogen and oxygen atoms in total. The largest absolute Gasteiger partial charge is 0.507 e. The predicted octanol–water partition coefficient (Wildman–Crippen LogP) is 4.34. The van der Waals surface area contributed by atoms with Crippen LogP contribution in [0.2, 0.25) is 0 Å². The van der Waals surface area contributed by atoms with E-state index in [0.29, 0.717) is 17.3 Å². The van der Waals surface area contributed by atoms with E-state index in [1.807, 2.05) is 6.07 Å². The fraction of sp³-hybridized carbons (Fsp3) is 0.222. The van der Waals surface area contributed by atoms with E-state index in [1.165, 1.54) is 16.7 Å². The number of rotatable bonds is 2. The number of aromatic nitrogens is 2. The summed E-state index contributed by atoms with van der Waals surface area (Å²) in [6.07, 6.45) is 0. The molecule has 1 N–H and O–H groups in total. The van der Waals surface area contributed by atoms with Crippen LogP contribution in [0, 0.1) is 27.7 Å². The number of nitrogens with zero attached hydrogens (tertiary/aromatic N) is 2. The average Bonchev–Trinajstić information content (AvgIpc) is 2.98. The maximum absolute atomic E-state index is 9.90. The summed E-state index contributed by atoms with van der Waals surface area (Å²) in [5.74, 6) is 0.927. The van der Waals surface area contributed by atoms with Gasteiger partial charge in [-0.05, 0) is 68.1 Å². The van der Waals surface area contributed by atoms with E-state index in [2.05, 4.69) is 44.0 Å². The highest BCUT2D eigenvalue weighted by atomic mass is 16.4. The maximum Gasteiger partial charge on any atom is 0.251 e. The van der Waals surface area contributed by atoms with Gasteiger partial charge in [-0.25, -0.2) is 0 Å². The van der Waals surface area contributed by atoms with Gasteiger partial charge in [-0.3, -0.25) is 0 Å². The average molecular weight is 294 g/mol. The van der Waals surface area contributed by atoms with Gasteiger partial charge in [0.2, 0.25) is 5.89 Å². The van der Waals surface area contributed by atoms with Crippen LogP contribution in [0.4, 0.5) is 0 Å². The van der Waals surface area contributed by atoms with Crippen molar-refractivity contribution in [2.24, 2.45) is 0 Å². The lowest BCUT2D eigenvalue weighted by molar-refractivity contribution is 0.473. The minimum absolute atomic E-state index is 0.130. The number of phenols is 1. The van der Waals surface area contributed by atoms with Gasteiger partial charge in [-0.1, -0.05) is 12.1 Å². The fourth-order valence-corrected chi connectivity index (χ4v) is 2.53. The van der Waals surface area contributed by atoms with Crippen molar-refractivity contribution in [3.05, 3.63) is 52.6 Å². The maximum atomic E-state index is 9.90. The molecule has 22 heavy (non-hydrogen) atoms. The highest BCUT2D eigenvalue weighted by molar-refractivity contribution is 5.66. The van der Waals surface area contributed by atoms with Crippen molar-refractivity contribution in [2.75, 3.05) is 0 Å². The summed E-state index contributed by atoms with van der Waals surface area (Å²) in [6.45, 7) is 8.34. The molecule has 112 valence electrons. The summed E-state index contributed by atoms with van der Waals surface area (Å²) in [4.78, 5) is 0. The Kier molecular flexibility index (Phi) is 3.45. The molecular weight excluding hydrogens is 276 g/mol. The summed E-state index contributed by atoms with van der Waals surface area (Å²) in [7, 11) is 0. The smallest absolute Gasteiger partial charge is 0.251 e. The molecule has 0 radical (unpaired) electrons. The fourth-order valence-electron chi connectivity index (χ4n) is 2.53. The third kappa shape index (κ3) is 2.26. The monoisotopic (exact) mass is 294 g/mol. The molecule has 0 fully saturated rings. The van der Waals surface area contributed by atoms with Crippen LogP contribution in [0.3, 0.4) is 0 Å². The van der Waals surface area contributed by atoms with Crippen molar-refractivity contribution in [2.45, 2.75) is 27.7 Å². The van der Waals surface area contributed by atoms with Crippen molar-refractivity contribution in [1.82, 2.24) is 10.2 Å².